The molecule has 0 unspecified atom stereocenters. The molecule has 0 aromatic rings. The smallest absolute Gasteiger partial charge is 0.228 e. The van der Waals surface area contributed by atoms with Gasteiger partial charge in [0.25, 0.3) is 0 Å². The van der Waals surface area contributed by atoms with Gasteiger partial charge in [0, 0.05) is 12.3 Å². The van der Waals surface area contributed by atoms with Gasteiger partial charge in [-0.05, 0) is 30.6 Å². The molecule has 1 N–H and O–H groups in total. The number of amidine groups is 1. The first-order valence-electron chi connectivity index (χ1n) is 7.34. The molecule has 0 aromatic heterocycles. The minimum atomic E-state index is -0.0689. The normalized spacial score (nSPS) is 42.6. The van der Waals surface area contributed by atoms with Crippen LogP contribution >= 0.6 is 11.8 Å². The van der Waals surface area contributed by atoms with E-state index in [1.54, 1.807) is 0 Å². The lowest BCUT2D eigenvalue weighted by Gasteiger charge is -2.38. The van der Waals surface area contributed by atoms with Crippen LogP contribution in [-0.4, -0.2) is 28.1 Å². The monoisotopic (exact) mass is 294 g/mol. The van der Waals surface area contributed by atoms with Crippen LogP contribution in [0.4, 0.5) is 0 Å². The van der Waals surface area contributed by atoms with Gasteiger partial charge in [-0.15, -0.1) is 0 Å². The van der Waals surface area contributed by atoms with Gasteiger partial charge in [0.1, 0.15) is 5.78 Å². The highest BCUT2D eigenvalue weighted by Crippen LogP contribution is 2.66. The molecule has 4 atom stereocenters. The zero-order valence-corrected chi connectivity index (χ0v) is 13.3. The minimum absolute atomic E-state index is 0.00729. The fourth-order valence-corrected chi connectivity index (χ4v) is 5.66. The molecule has 2 bridgehead atoms. The van der Waals surface area contributed by atoms with Gasteiger partial charge in [-0.3, -0.25) is 14.6 Å². The average Bonchev–Trinajstić information content (AvgIpc) is 2.62. The summed E-state index contributed by atoms with van der Waals surface area (Å²) in [5.74, 6) is 0.529. The largest absolute Gasteiger partial charge is 0.305 e. The Morgan fingerprint density at radius 2 is 2.00 bits per heavy atom. The number of carbonyl (C=O) groups is 2. The van der Waals surface area contributed by atoms with Crippen LogP contribution in [0.3, 0.4) is 0 Å². The molecule has 2 saturated carbocycles. The van der Waals surface area contributed by atoms with Crippen molar-refractivity contribution in [1.82, 2.24) is 5.32 Å². The molecule has 1 heterocycles. The highest BCUT2D eigenvalue weighted by Gasteiger charge is 2.66. The summed E-state index contributed by atoms with van der Waals surface area (Å²) >= 11 is 1.48. The number of fused-ring (bicyclic) bond motifs is 2. The number of ketones is 1. The quantitative estimate of drug-likeness (QED) is 0.808. The molecule has 1 amide bonds. The van der Waals surface area contributed by atoms with Crippen LogP contribution in [0, 0.1) is 16.7 Å². The Kier molecular flexibility index (Phi) is 3.05. The Bertz CT molecular complexity index is 514. The summed E-state index contributed by atoms with van der Waals surface area (Å²) in [7, 11) is 0. The third-order valence-electron chi connectivity index (χ3n) is 5.77. The number of nitrogens with one attached hydrogen (secondary N) is 1. The Labute approximate surface area is 124 Å². The van der Waals surface area contributed by atoms with Crippen molar-refractivity contribution in [2.75, 3.05) is 0 Å². The maximum Gasteiger partial charge on any atom is 0.228 e. The van der Waals surface area contributed by atoms with Crippen LogP contribution < -0.4 is 5.32 Å². The van der Waals surface area contributed by atoms with Gasteiger partial charge in [-0.1, -0.05) is 32.5 Å². The predicted molar refractivity (Wildman–Crippen MR) is 80.7 cm³/mol. The lowest BCUT2D eigenvalue weighted by Crippen LogP contribution is -2.41. The molecule has 2 fully saturated rings. The predicted octanol–water partition coefficient (Wildman–Crippen LogP) is 2.38. The minimum Gasteiger partial charge on any atom is -0.305 e. The number of hydrogen-bond acceptors (Lipinski definition) is 4. The Hall–Kier alpha value is -0.840. The molecule has 0 saturated heterocycles. The first-order valence-corrected chi connectivity index (χ1v) is 8.22. The summed E-state index contributed by atoms with van der Waals surface area (Å²) in [4.78, 5) is 28.7. The van der Waals surface area contributed by atoms with Crippen molar-refractivity contribution in [1.29, 1.82) is 0 Å². The third-order valence-corrected chi connectivity index (χ3v) is 7.19. The van der Waals surface area contributed by atoms with E-state index in [9.17, 15) is 9.59 Å². The van der Waals surface area contributed by atoms with E-state index in [-0.39, 0.29) is 33.9 Å². The summed E-state index contributed by atoms with van der Waals surface area (Å²) in [5.41, 5.74) is 0.0555. The second-order valence-electron chi connectivity index (χ2n) is 7.17. The van der Waals surface area contributed by atoms with E-state index < -0.39 is 0 Å². The number of hydrogen-bond donors (Lipinski definition) is 1. The van der Waals surface area contributed by atoms with Crippen molar-refractivity contribution in [3.05, 3.63) is 0 Å². The molecule has 5 heteroatoms. The van der Waals surface area contributed by atoms with Crippen molar-refractivity contribution >= 4 is 28.6 Å². The molecule has 0 aromatic carbocycles. The number of Topliss-reactive ketones (excluding diaryl/α,β-unsaturated/α-hetero) is 1. The molecule has 3 aliphatic rings. The summed E-state index contributed by atoms with van der Waals surface area (Å²) in [6, 6.07) is 0.0146. The Balaban J connectivity index is 1.86. The van der Waals surface area contributed by atoms with Crippen LogP contribution in [0.1, 0.15) is 47.0 Å². The fraction of sp³-hybridized carbons (Fsp3) is 0.800. The zero-order chi connectivity index (χ0) is 14.7. The van der Waals surface area contributed by atoms with Gasteiger partial charge in [0.15, 0.2) is 5.17 Å². The van der Waals surface area contributed by atoms with Gasteiger partial charge < -0.3 is 5.32 Å². The molecular formula is C15H22N2O2S. The Morgan fingerprint density at radius 3 is 2.55 bits per heavy atom. The summed E-state index contributed by atoms with van der Waals surface area (Å²) in [6.07, 6.45) is 2.54. The molecule has 0 spiro atoms. The first-order chi connectivity index (χ1) is 9.25. The maximum atomic E-state index is 12.6. The SMILES string of the molecule is C[C@@H]1CC(=O)NC(S[C@H]2C(=O)[C@@H]3CC[C@]2(C)C3(C)C)=N1. The van der Waals surface area contributed by atoms with E-state index in [0.29, 0.717) is 17.4 Å². The molecule has 1 aliphatic heterocycles. The maximum absolute atomic E-state index is 12.6. The average molecular weight is 294 g/mol. The van der Waals surface area contributed by atoms with Gasteiger partial charge in [-0.25, -0.2) is 0 Å². The van der Waals surface area contributed by atoms with Crippen LogP contribution in [0.25, 0.3) is 0 Å². The van der Waals surface area contributed by atoms with Gasteiger partial charge in [-0.2, -0.15) is 0 Å². The number of thioether (sulfide) groups is 1. The van der Waals surface area contributed by atoms with E-state index in [2.05, 4.69) is 31.1 Å². The highest BCUT2D eigenvalue weighted by molar-refractivity contribution is 8.15. The third kappa shape index (κ3) is 1.78. The first kappa shape index (κ1) is 14.1. The van der Waals surface area contributed by atoms with E-state index in [1.165, 1.54) is 11.8 Å². The lowest BCUT2D eigenvalue weighted by molar-refractivity contribution is -0.122. The van der Waals surface area contributed by atoms with Crippen LogP contribution in [0.2, 0.25) is 0 Å². The van der Waals surface area contributed by atoms with Crippen molar-refractivity contribution < 1.29 is 9.59 Å². The van der Waals surface area contributed by atoms with E-state index in [0.717, 1.165) is 12.8 Å². The van der Waals surface area contributed by atoms with E-state index >= 15 is 0 Å². The van der Waals surface area contributed by atoms with Crippen molar-refractivity contribution in [2.24, 2.45) is 21.7 Å². The van der Waals surface area contributed by atoms with Crippen LogP contribution in [-0.2, 0) is 9.59 Å². The molecule has 3 rings (SSSR count). The molecule has 20 heavy (non-hydrogen) atoms. The van der Waals surface area contributed by atoms with E-state index in [4.69, 9.17) is 0 Å². The molecular weight excluding hydrogens is 272 g/mol. The van der Waals surface area contributed by atoms with Gasteiger partial charge >= 0.3 is 0 Å². The summed E-state index contributed by atoms with van der Waals surface area (Å²) in [6.45, 7) is 8.60. The zero-order valence-electron chi connectivity index (χ0n) is 12.5. The fourth-order valence-electron chi connectivity index (χ4n) is 4.07. The number of amides is 1. The van der Waals surface area contributed by atoms with Gasteiger partial charge in [0.2, 0.25) is 5.91 Å². The van der Waals surface area contributed by atoms with Crippen molar-refractivity contribution in [3.8, 4) is 0 Å². The molecule has 0 radical (unpaired) electrons. The molecule has 2 aliphatic carbocycles. The molecule has 4 nitrogen and oxygen atoms in total. The lowest BCUT2D eigenvalue weighted by atomic mass is 9.71. The summed E-state index contributed by atoms with van der Waals surface area (Å²) < 4.78 is 0. The highest BCUT2D eigenvalue weighted by atomic mass is 32.2. The Morgan fingerprint density at radius 1 is 1.30 bits per heavy atom. The van der Waals surface area contributed by atoms with Crippen LogP contribution in [0.15, 0.2) is 4.99 Å². The number of carbonyl (C=O) groups excluding carboxylic acids is 2. The van der Waals surface area contributed by atoms with Crippen molar-refractivity contribution in [2.45, 2.75) is 58.2 Å². The number of aliphatic imine (C=N–C) groups is 1. The van der Waals surface area contributed by atoms with Crippen molar-refractivity contribution in [3.63, 3.8) is 0 Å². The topological polar surface area (TPSA) is 58.5 Å². The standard InChI is InChI=1S/C15H22N2O2S/c1-8-7-10(18)17-13(16-8)20-12-11(19)9-5-6-15(12,4)14(9,2)3/h8-9,12H,5-7H2,1-4H3,(H,16,17,18)/t8-,9+,12+,15+/m1/s1. The second-order valence-corrected chi connectivity index (χ2v) is 8.26. The second kappa shape index (κ2) is 4.33. The summed E-state index contributed by atoms with van der Waals surface area (Å²) in [5, 5.41) is 3.39. The number of nitrogens with zero attached hydrogens (tertiary/aromatic N) is 1. The van der Waals surface area contributed by atoms with E-state index in [1.807, 2.05) is 6.92 Å². The molecule has 110 valence electrons. The van der Waals surface area contributed by atoms with Gasteiger partial charge in [0.05, 0.1) is 11.3 Å². The number of rotatable bonds is 1. The van der Waals surface area contributed by atoms with Crippen LogP contribution in [0.5, 0.6) is 0 Å².